The maximum Gasteiger partial charge on any atom is 0.347 e. The molecule has 2 rings (SSSR count). The van der Waals surface area contributed by atoms with Gasteiger partial charge in [0.2, 0.25) is 0 Å². The van der Waals surface area contributed by atoms with Crippen molar-refractivity contribution >= 4 is 17.3 Å². The van der Waals surface area contributed by atoms with Crippen molar-refractivity contribution in [2.75, 3.05) is 7.11 Å². The first kappa shape index (κ1) is 11.7. The van der Waals surface area contributed by atoms with Crippen LogP contribution in [-0.4, -0.2) is 32.7 Å². The molecule has 90 valence electrons. The normalized spacial score (nSPS) is 10.7. The number of hydrogen-bond acceptors (Lipinski definition) is 5. The number of carboxylic acid groups (broad SMARTS) is 1. The number of ether oxygens (including phenoxy) is 1. The van der Waals surface area contributed by atoms with Crippen LogP contribution in [0.5, 0.6) is 0 Å². The van der Waals surface area contributed by atoms with Gasteiger partial charge in [0.15, 0.2) is 10.8 Å². The highest BCUT2D eigenvalue weighted by molar-refractivity contribution is 7.16. The molecule has 2 aromatic heterocycles. The van der Waals surface area contributed by atoms with Crippen LogP contribution in [0.1, 0.15) is 15.4 Å². The van der Waals surface area contributed by atoms with E-state index in [1.807, 2.05) is 7.05 Å². The molecule has 0 radical (unpaired) electrons. The molecule has 0 unspecified atom stereocenters. The van der Waals surface area contributed by atoms with Crippen LogP contribution in [0, 0.1) is 0 Å². The Morgan fingerprint density at radius 2 is 2.41 bits per heavy atom. The number of imidazole rings is 1. The van der Waals surface area contributed by atoms with E-state index in [1.165, 1.54) is 7.11 Å². The molecular formula is C10H11N3O3S. The van der Waals surface area contributed by atoms with Crippen LogP contribution in [-0.2, 0) is 18.4 Å². The number of hydrogen-bond donors (Lipinski definition) is 1. The van der Waals surface area contributed by atoms with Crippen molar-refractivity contribution in [2.24, 2.45) is 7.05 Å². The van der Waals surface area contributed by atoms with Gasteiger partial charge in [-0.1, -0.05) is 0 Å². The van der Waals surface area contributed by atoms with Gasteiger partial charge in [-0.2, -0.15) is 0 Å². The van der Waals surface area contributed by atoms with E-state index in [4.69, 9.17) is 9.84 Å². The van der Waals surface area contributed by atoms with Gasteiger partial charge in [0.25, 0.3) is 0 Å². The third kappa shape index (κ3) is 2.20. The monoisotopic (exact) mass is 253 g/mol. The summed E-state index contributed by atoms with van der Waals surface area (Å²) in [5, 5.41) is 9.65. The summed E-state index contributed by atoms with van der Waals surface area (Å²) in [5.41, 5.74) is 0.433. The predicted octanol–water partition coefficient (Wildman–Crippen LogP) is 1.39. The molecule has 1 N–H and O–H groups in total. The van der Waals surface area contributed by atoms with Gasteiger partial charge in [0.1, 0.15) is 4.88 Å². The van der Waals surface area contributed by atoms with Crippen molar-refractivity contribution in [3.63, 3.8) is 0 Å². The molecule has 0 aromatic carbocycles. The minimum Gasteiger partial charge on any atom is -0.477 e. The molecule has 0 bridgehead atoms. The fourth-order valence-electron chi connectivity index (χ4n) is 1.42. The zero-order chi connectivity index (χ0) is 12.4. The van der Waals surface area contributed by atoms with Gasteiger partial charge in [0.05, 0.1) is 12.3 Å². The fourth-order valence-corrected chi connectivity index (χ4v) is 2.37. The fraction of sp³-hybridized carbons (Fsp3) is 0.300. The van der Waals surface area contributed by atoms with Gasteiger partial charge in [-0.05, 0) is 0 Å². The molecule has 0 saturated carbocycles. The summed E-state index contributed by atoms with van der Waals surface area (Å²) in [6.07, 6.45) is 3.43. The number of nitrogens with zero attached hydrogens (tertiary/aromatic N) is 3. The molecule has 6 nitrogen and oxygen atoms in total. The summed E-state index contributed by atoms with van der Waals surface area (Å²) in [4.78, 5) is 19.6. The van der Waals surface area contributed by atoms with E-state index < -0.39 is 5.97 Å². The number of aromatic carboxylic acids is 1. The van der Waals surface area contributed by atoms with Crippen molar-refractivity contribution < 1.29 is 14.6 Å². The van der Waals surface area contributed by atoms with E-state index in [1.54, 1.807) is 17.0 Å². The van der Waals surface area contributed by atoms with Crippen molar-refractivity contribution in [1.82, 2.24) is 14.5 Å². The number of carbonyl (C=O) groups is 1. The maximum atomic E-state index is 11.1. The van der Waals surface area contributed by atoms with Crippen LogP contribution >= 0.6 is 11.3 Å². The van der Waals surface area contributed by atoms with Crippen LogP contribution in [0.25, 0.3) is 10.8 Å². The minimum atomic E-state index is -0.991. The molecule has 17 heavy (non-hydrogen) atoms. The summed E-state index contributed by atoms with van der Waals surface area (Å²) < 4.78 is 6.73. The summed E-state index contributed by atoms with van der Waals surface area (Å²) in [7, 11) is 3.34. The zero-order valence-corrected chi connectivity index (χ0v) is 10.2. The van der Waals surface area contributed by atoms with Gasteiger partial charge < -0.3 is 14.4 Å². The summed E-state index contributed by atoms with van der Waals surface area (Å²) in [6.45, 7) is 0.183. The van der Waals surface area contributed by atoms with Crippen molar-refractivity contribution in [3.8, 4) is 10.8 Å². The highest BCUT2D eigenvalue weighted by Gasteiger charge is 2.19. The first-order valence-electron chi connectivity index (χ1n) is 4.83. The third-order valence-electron chi connectivity index (χ3n) is 2.19. The molecule has 2 heterocycles. The second-order valence-corrected chi connectivity index (χ2v) is 4.39. The number of thiazole rings is 1. The molecule has 0 saturated heterocycles. The van der Waals surface area contributed by atoms with E-state index in [-0.39, 0.29) is 11.5 Å². The van der Waals surface area contributed by atoms with Crippen LogP contribution in [0.3, 0.4) is 0 Å². The van der Waals surface area contributed by atoms with Gasteiger partial charge in [0, 0.05) is 26.6 Å². The molecule has 2 aromatic rings. The van der Waals surface area contributed by atoms with E-state index in [0.717, 1.165) is 11.3 Å². The summed E-state index contributed by atoms with van der Waals surface area (Å²) >= 11 is 1.11. The molecule has 0 aliphatic heterocycles. The lowest BCUT2D eigenvalue weighted by atomic mass is 10.4. The average molecular weight is 253 g/mol. The molecule has 0 atom stereocenters. The van der Waals surface area contributed by atoms with Crippen LogP contribution in [0.15, 0.2) is 12.4 Å². The molecule has 7 heteroatoms. The van der Waals surface area contributed by atoms with E-state index >= 15 is 0 Å². The van der Waals surface area contributed by atoms with Gasteiger partial charge in [-0.15, -0.1) is 11.3 Å². The highest BCUT2D eigenvalue weighted by atomic mass is 32.1. The van der Waals surface area contributed by atoms with Crippen LogP contribution < -0.4 is 0 Å². The standard InChI is InChI=1S/C10H11N3O3S/c1-13-4-3-11-8(13)9-12-6(5-16-2)7(17-9)10(14)15/h3-4H,5H2,1-2H3,(H,14,15). The predicted molar refractivity (Wildman–Crippen MR) is 62.0 cm³/mol. The van der Waals surface area contributed by atoms with Crippen molar-refractivity contribution in [1.29, 1.82) is 0 Å². The molecular weight excluding hydrogens is 242 g/mol. The maximum absolute atomic E-state index is 11.1. The Kier molecular flexibility index (Phi) is 3.21. The first-order chi connectivity index (χ1) is 8.13. The Labute approximate surface area is 102 Å². The van der Waals surface area contributed by atoms with Crippen LogP contribution in [0.2, 0.25) is 0 Å². The Bertz CT molecular complexity index is 547. The summed E-state index contributed by atoms with van der Waals surface area (Å²) in [5.74, 6) is -0.338. The molecule has 0 aliphatic carbocycles. The Hall–Kier alpha value is -1.73. The quantitative estimate of drug-likeness (QED) is 0.890. The van der Waals surface area contributed by atoms with Crippen molar-refractivity contribution in [2.45, 2.75) is 6.61 Å². The van der Waals surface area contributed by atoms with E-state index in [2.05, 4.69) is 9.97 Å². The minimum absolute atomic E-state index is 0.183. The molecule has 0 spiro atoms. The van der Waals surface area contributed by atoms with Gasteiger partial charge >= 0.3 is 5.97 Å². The SMILES string of the molecule is COCc1nc(-c2nccn2C)sc1C(=O)O. The Morgan fingerprint density at radius 1 is 1.65 bits per heavy atom. The van der Waals surface area contributed by atoms with E-state index in [0.29, 0.717) is 16.5 Å². The molecule has 0 aliphatic rings. The average Bonchev–Trinajstić information content (AvgIpc) is 2.84. The molecule has 0 fully saturated rings. The highest BCUT2D eigenvalue weighted by Crippen LogP contribution is 2.27. The number of methoxy groups -OCH3 is 1. The second-order valence-electron chi connectivity index (χ2n) is 3.39. The second kappa shape index (κ2) is 4.64. The lowest BCUT2D eigenvalue weighted by molar-refractivity contribution is 0.0697. The molecule has 0 amide bonds. The Balaban J connectivity index is 2.47. The van der Waals surface area contributed by atoms with Gasteiger partial charge in [-0.3, -0.25) is 0 Å². The van der Waals surface area contributed by atoms with Gasteiger partial charge in [-0.25, -0.2) is 14.8 Å². The zero-order valence-electron chi connectivity index (χ0n) is 9.38. The third-order valence-corrected chi connectivity index (χ3v) is 3.27. The number of aromatic nitrogens is 3. The lowest BCUT2D eigenvalue weighted by Crippen LogP contribution is -1.99. The lowest BCUT2D eigenvalue weighted by Gasteiger charge is -1.95. The topological polar surface area (TPSA) is 77.2 Å². The van der Waals surface area contributed by atoms with E-state index in [9.17, 15) is 4.79 Å². The largest absolute Gasteiger partial charge is 0.477 e. The first-order valence-corrected chi connectivity index (χ1v) is 5.64. The van der Waals surface area contributed by atoms with Crippen LogP contribution in [0.4, 0.5) is 0 Å². The number of aryl methyl sites for hydroxylation is 1. The van der Waals surface area contributed by atoms with Crippen molar-refractivity contribution in [3.05, 3.63) is 23.0 Å². The number of rotatable bonds is 4. The smallest absolute Gasteiger partial charge is 0.347 e. The number of carboxylic acids is 1. The summed E-state index contributed by atoms with van der Waals surface area (Å²) in [6, 6.07) is 0. The Morgan fingerprint density at radius 3 is 2.94 bits per heavy atom.